The van der Waals surface area contributed by atoms with E-state index >= 15 is 0 Å². The first-order valence-electron chi connectivity index (χ1n) is 8.59. The van der Waals surface area contributed by atoms with Crippen LogP contribution in [0.15, 0.2) is 45.6 Å². The summed E-state index contributed by atoms with van der Waals surface area (Å²) < 4.78 is 10.5. The lowest BCUT2D eigenvalue weighted by Gasteiger charge is -2.08. The number of aromatic nitrogens is 4. The van der Waals surface area contributed by atoms with Crippen LogP contribution in [0.3, 0.4) is 0 Å². The van der Waals surface area contributed by atoms with Crippen molar-refractivity contribution in [1.82, 2.24) is 20.3 Å². The highest BCUT2D eigenvalue weighted by molar-refractivity contribution is 5.73. The lowest BCUT2D eigenvalue weighted by molar-refractivity contribution is 0.393. The average Bonchev–Trinajstić information content (AvgIpc) is 3.16. The summed E-state index contributed by atoms with van der Waals surface area (Å²) in [5.41, 5.74) is 6.24. The van der Waals surface area contributed by atoms with Gasteiger partial charge in [-0.15, -0.1) is 0 Å². The van der Waals surface area contributed by atoms with Crippen LogP contribution in [-0.4, -0.2) is 20.3 Å². The minimum absolute atomic E-state index is 0.503. The Bertz CT molecular complexity index is 987. The first-order chi connectivity index (χ1) is 13.0. The number of rotatable bonds is 4. The maximum Gasteiger partial charge on any atom is 0.227 e. The molecule has 0 aliphatic heterocycles. The Hall–Kier alpha value is -3.48. The van der Waals surface area contributed by atoms with Crippen molar-refractivity contribution < 1.29 is 9.05 Å². The topological polar surface area (TPSA) is 89.9 Å². The Labute approximate surface area is 156 Å². The third-order valence-corrected chi connectivity index (χ3v) is 4.39. The summed E-state index contributed by atoms with van der Waals surface area (Å²) in [6.07, 6.45) is 1.72. The molecule has 0 saturated carbocycles. The summed E-state index contributed by atoms with van der Waals surface area (Å²) >= 11 is 0. The van der Waals surface area contributed by atoms with Gasteiger partial charge in [-0.05, 0) is 51.5 Å². The number of benzene rings is 1. The van der Waals surface area contributed by atoms with Gasteiger partial charge in [0.15, 0.2) is 0 Å². The molecule has 7 heteroatoms. The van der Waals surface area contributed by atoms with Gasteiger partial charge in [0.1, 0.15) is 11.5 Å². The molecule has 3 aromatic heterocycles. The van der Waals surface area contributed by atoms with E-state index < -0.39 is 0 Å². The van der Waals surface area contributed by atoms with Gasteiger partial charge in [-0.25, -0.2) is 9.97 Å². The second kappa shape index (κ2) is 6.68. The first-order valence-corrected chi connectivity index (χ1v) is 8.59. The van der Waals surface area contributed by atoms with Crippen LogP contribution in [0.2, 0.25) is 0 Å². The van der Waals surface area contributed by atoms with E-state index in [1.54, 1.807) is 6.20 Å². The maximum absolute atomic E-state index is 5.28. The number of hydrogen-bond acceptors (Lipinski definition) is 7. The zero-order valence-corrected chi connectivity index (χ0v) is 15.6. The second-order valence-electron chi connectivity index (χ2n) is 6.37. The monoisotopic (exact) mass is 361 g/mol. The summed E-state index contributed by atoms with van der Waals surface area (Å²) in [6, 6.07) is 9.84. The van der Waals surface area contributed by atoms with Gasteiger partial charge in [-0.2, -0.15) is 0 Å². The van der Waals surface area contributed by atoms with Crippen LogP contribution in [0.4, 0.5) is 11.6 Å². The Morgan fingerprint density at radius 1 is 0.852 bits per heavy atom. The van der Waals surface area contributed by atoms with Crippen LogP contribution in [0, 0.1) is 27.7 Å². The SMILES string of the molecule is Cc1noc(C)c1-c1cccc(Nc2nccc(-c3c(C)noc3C)n2)c1. The summed E-state index contributed by atoms with van der Waals surface area (Å²) in [5.74, 6) is 2.03. The maximum atomic E-state index is 5.28. The van der Waals surface area contributed by atoms with Crippen molar-refractivity contribution in [3.63, 3.8) is 0 Å². The molecule has 0 aliphatic rings. The molecule has 0 atom stereocenters. The zero-order valence-electron chi connectivity index (χ0n) is 15.6. The van der Waals surface area contributed by atoms with E-state index in [1.165, 1.54) is 0 Å². The van der Waals surface area contributed by atoms with Gasteiger partial charge in [-0.1, -0.05) is 22.4 Å². The average molecular weight is 361 g/mol. The predicted molar refractivity (Wildman–Crippen MR) is 102 cm³/mol. The highest BCUT2D eigenvalue weighted by atomic mass is 16.5. The van der Waals surface area contributed by atoms with Gasteiger partial charge in [0.05, 0.1) is 22.6 Å². The summed E-state index contributed by atoms with van der Waals surface area (Å²) in [6.45, 7) is 7.61. The Morgan fingerprint density at radius 2 is 1.56 bits per heavy atom. The molecule has 136 valence electrons. The molecule has 0 aliphatic carbocycles. The number of hydrogen-bond donors (Lipinski definition) is 1. The Kier molecular flexibility index (Phi) is 4.19. The molecule has 0 spiro atoms. The van der Waals surface area contributed by atoms with Crippen LogP contribution in [-0.2, 0) is 0 Å². The van der Waals surface area contributed by atoms with Crippen LogP contribution in [0.1, 0.15) is 22.9 Å². The predicted octanol–water partition coefficient (Wildman–Crippen LogP) is 4.76. The highest BCUT2D eigenvalue weighted by Crippen LogP contribution is 2.30. The van der Waals surface area contributed by atoms with Crippen molar-refractivity contribution >= 4 is 11.6 Å². The number of anilines is 2. The minimum Gasteiger partial charge on any atom is -0.361 e. The number of nitrogens with one attached hydrogen (secondary N) is 1. The van der Waals surface area contributed by atoms with Crippen molar-refractivity contribution in [2.45, 2.75) is 27.7 Å². The van der Waals surface area contributed by atoms with Crippen LogP contribution in [0.25, 0.3) is 22.4 Å². The van der Waals surface area contributed by atoms with Crippen molar-refractivity contribution in [3.8, 4) is 22.4 Å². The largest absolute Gasteiger partial charge is 0.361 e. The van der Waals surface area contributed by atoms with Gasteiger partial charge in [0, 0.05) is 17.4 Å². The standard InChI is InChI=1S/C20H19N5O2/c1-11-18(13(3)26-24-11)15-6-5-7-16(10-15)22-20-21-9-8-17(23-20)19-12(2)25-27-14(19)4/h5-10H,1-4H3,(H,21,22,23). The summed E-state index contributed by atoms with van der Waals surface area (Å²) in [7, 11) is 0. The van der Waals surface area contributed by atoms with Crippen LogP contribution >= 0.6 is 0 Å². The normalized spacial score (nSPS) is 11.0. The molecule has 27 heavy (non-hydrogen) atoms. The molecule has 0 saturated heterocycles. The second-order valence-corrected chi connectivity index (χ2v) is 6.37. The lowest BCUT2D eigenvalue weighted by atomic mass is 10.0. The quantitative estimate of drug-likeness (QED) is 0.560. The van der Waals surface area contributed by atoms with Gasteiger partial charge < -0.3 is 14.4 Å². The fourth-order valence-electron chi connectivity index (χ4n) is 3.18. The Morgan fingerprint density at radius 3 is 2.22 bits per heavy atom. The molecule has 1 aromatic carbocycles. The van der Waals surface area contributed by atoms with Gasteiger partial charge in [0.2, 0.25) is 5.95 Å². The molecule has 4 aromatic rings. The summed E-state index contributed by atoms with van der Waals surface area (Å²) in [4.78, 5) is 8.93. The third kappa shape index (κ3) is 3.19. The Balaban J connectivity index is 1.66. The van der Waals surface area contributed by atoms with Crippen molar-refractivity contribution in [2.24, 2.45) is 0 Å². The van der Waals surface area contributed by atoms with Crippen LogP contribution < -0.4 is 5.32 Å². The third-order valence-electron chi connectivity index (χ3n) is 4.39. The molecule has 7 nitrogen and oxygen atoms in total. The summed E-state index contributed by atoms with van der Waals surface area (Å²) in [5, 5.41) is 11.3. The van der Waals surface area contributed by atoms with Gasteiger partial charge >= 0.3 is 0 Å². The zero-order chi connectivity index (χ0) is 19.0. The van der Waals surface area contributed by atoms with E-state index in [0.717, 1.165) is 51.0 Å². The molecule has 0 unspecified atom stereocenters. The van der Waals surface area contributed by atoms with E-state index in [9.17, 15) is 0 Å². The van der Waals surface area contributed by atoms with Crippen molar-refractivity contribution in [2.75, 3.05) is 5.32 Å². The van der Waals surface area contributed by atoms with Crippen LogP contribution in [0.5, 0.6) is 0 Å². The molecule has 0 fully saturated rings. The van der Waals surface area contributed by atoms with E-state index in [-0.39, 0.29) is 0 Å². The smallest absolute Gasteiger partial charge is 0.227 e. The number of nitrogens with zero attached hydrogens (tertiary/aromatic N) is 4. The van der Waals surface area contributed by atoms with Gasteiger partial charge in [0.25, 0.3) is 0 Å². The van der Waals surface area contributed by atoms with E-state index in [4.69, 9.17) is 9.05 Å². The van der Waals surface area contributed by atoms with Crippen molar-refractivity contribution in [3.05, 3.63) is 59.4 Å². The van der Waals surface area contributed by atoms with E-state index in [0.29, 0.717) is 5.95 Å². The molecule has 0 radical (unpaired) electrons. The molecular formula is C20H19N5O2. The lowest BCUT2D eigenvalue weighted by Crippen LogP contribution is -1.98. The molecule has 4 rings (SSSR count). The minimum atomic E-state index is 0.503. The van der Waals surface area contributed by atoms with E-state index in [1.807, 2.05) is 58.0 Å². The first kappa shape index (κ1) is 17.0. The molecule has 1 N–H and O–H groups in total. The van der Waals surface area contributed by atoms with E-state index in [2.05, 4.69) is 25.6 Å². The fourth-order valence-corrected chi connectivity index (χ4v) is 3.18. The highest BCUT2D eigenvalue weighted by Gasteiger charge is 2.14. The molecular weight excluding hydrogens is 342 g/mol. The molecule has 3 heterocycles. The molecule has 0 amide bonds. The number of aryl methyl sites for hydroxylation is 4. The van der Waals surface area contributed by atoms with Gasteiger partial charge in [-0.3, -0.25) is 0 Å². The molecule has 0 bridgehead atoms. The van der Waals surface area contributed by atoms with Crippen molar-refractivity contribution in [1.29, 1.82) is 0 Å². The fraction of sp³-hybridized carbons (Fsp3) is 0.200.